The summed E-state index contributed by atoms with van der Waals surface area (Å²) in [4.78, 5) is 33.2. The first-order valence-electron chi connectivity index (χ1n) is 14.6. The molecular formula is C28H57O5P. The van der Waals surface area contributed by atoms with E-state index in [1.165, 1.54) is 77.0 Å². The second-order valence-corrected chi connectivity index (χ2v) is 12.1. The van der Waals surface area contributed by atoms with Gasteiger partial charge in [-0.3, -0.25) is 9.36 Å². The molecule has 0 aliphatic rings. The second kappa shape index (κ2) is 21.9. The van der Waals surface area contributed by atoms with Crippen molar-refractivity contribution >= 4 is 13.6 Å². The summed E-state index contributed by atoms with van der Waals surface area (Å²) in [5.41, 5.74) is 0. The van der Waals surface area contributed by atoms with Gasteiger partial charge in [0.1, 0.15) is 0 Å². The van der Waals surface area contributed by atoms with E-state index in [4.69, 9.17) is 4.74 Å². The molecule has 0 heterocycles. The molecule has 0 spiro atoms. The van der Waals surface area contributed by atoms with Gasteiger partial charge in [-0.15, -0.1) is 0 Å². The molecular weight excluding hydrogens is 447 g/mol. The minimum atomic E-state index is -4.62. The van der Waals surface area contributed by atoms with E-state index in [-0.39, 0.29) is 19.4 Å². The molecule has 0 aliphatic heterocycles. The number of hydrogen-bond acceptors (Lipinski definition) is 3. The fourth-order valence-electron chi connectivity index (χ4n) is 4.81. The molecule has 0 saturated heterocycles. The molecule has 0 atom stereocenters. The van der Waals surface area contributed by atoms with Gasteiger partial charge in [-0.05, 0) is 19.8 Å². The van der Waals surface area contributed by atoms with Crippen LogP contribution in [0, 0.1) is 0 Å². The number of esters is 1. The van der Waals surface area contributed by atoms with Crippen molar-refractivity contribution in [3.8, 4) is 0 Å². The molecule has 0 aromatic carbocycles. The van der Waals surface area contributed by atoms with Crippen molar-refractivity contribution in [2.24, 2.45) is 0 Å². The zero-order valence-corrected chi connectivity index (χ0v) is 23.7. The highest BCUT2D eigenvalue weighted by molar-refractivity contribution is 7.54. The molecule has 0 unspecified atom stereocenters. The average Bonchev–Trinajstić information content (AvgIpc) is 2.79. The smallest absolute Gasteiger partial charge is 0.342 e. The fraction of sp³-hybridized carbons (Fsp3) is 0.964. The lowest BCUT2D eigenvalue weighted by molar-refractivity contribution is -0.147. The van der Waals surface area contributed by atoms with Crippen molar-refractivity contribution in [1.29, 1.82) is 0 Å². The van der Waals surface area contributed by atoms with E-state index in [1.807, 2.05) is 0 Å². The SMILES string of the molecule is CCCCCCCCCCCCC(CCCCCCCCCCCC)(C(=O)OCC)P(=O)(O)O. The van der Waals surface area contributed by atoms with Crippen LogP contribution in [0.4, 0.5) is 0 Å². The molecule has 0 bridgehead atoms. The Bertz CT molecular complexity index is 493. The first-order valence-corrected chi connectivity index (χ1v) is 16.2. The third-order valence-corrected chi connectivity index (χ3v) is 8.85. The molecule has 0 radical (unpaired) electrons. The maximum absolute atomic E-state index is 12.8. The largest absolute Gasteiger partial charge is 0.465 e. The monoisotopic (exact) mass is 504 g/mol. The van der Waals surface area contributed by atoms with Gasteiger partial charge < -0.3 is 14.5 Å². The second-order valence-electron chi connectivity index (χ2n) is 10.2. The Morgan fingerprint density at radius 3 is 1.15 bits per heavy atom. The Kier molecular flexibility index (Phi) is 21.6. The molecule has 34 heavy (non-hydrogen) atoms. The quantitative estimate of drug-likeness (QED) is 0.0735. The molecule has 0 fully saturated rings. The van der Waals surface area contributed by atoms with Gasteiger partial charge in [0.05, 0.1) is 6.61 Å². The summed E-state index contributed by atoms with van der Waals surface area (Å²) in [6, 6.07) is 0. The molecule has 0 aliphatic carbocycles. The van der Waals surface area contributed by atoms with Gasteiger partial charge in [-0.25, -0.2) is 0 Å². The van der Waals surface area contributed by atoms with Crippen LogP contribution in [0.25, 0.3) is 0 Å². The third-order valence-electron chi connectivity index (χ3n) is 7.10. The summed E-state index contributed by atoms with van der Waals surface area (Å²) in [5, 5.41) is -1.66. The Morgan fingerprint density at radius 1 is 0.588 bits per heavy atom. The number of rotatable bonds is 25. The van der Waals surface area contributed by atoms with Crippen LogP contribution in [-0.4, -0.2) is 27.5 Å². The van der Waals surface area contributed by atoms with Gasteiger partial charge in [0.2, 0.25) is 0 Å². The number of carbonyl (C=O) groups is 1. The fourth-order valence-corrected chi connectivity index (χ4v) is 6.02. The van der Waals surface area contributed by atoms with Crippen LogP contribution in [0.3, 0.4) is 0 Å². The molecule has 5 nitrogen and oxygen atoms in total. The third kappa shape index (κ3) is 15.6. The summed E-state index contributed by atoms with van der Waals surface area (Å²) >= 11 is 0. The standard InChI is InChI=1S/C28H57O5P/c1-4-7-9-11-13-15-17-19-21-23-25-28(34(30,31)32,27(29)33-6-3)26-24-22-20-18-16-14-12-10-8-5-2/h4-26H2,1-3H3,(H2,30,31,32). The molecule has 204 valence electrons. The van der Waals surface area contributed by atoms with Crippen LogP contribution in [0.15, 0.2) is 0 Å². The van der Waals surface area contributed by atoms with Gasteiger partial charge in [0.25, 0.3) is 0 Å². The van der Waals surface area contributed by atoms with Crippen molar-refractivity contribution in [2.45, 2.75) is 167 Å². The number of unbranched alkanes of at least 4 members (excludes halogenated alkanes) is 18. The van der Waals surface area contributed by atoms with E-state index in [9.17, 15) is 19.1 Å². The number of carbonyl (C=O) groups excluding carboxylic acids is 1. The zero-order chi connectivity index (χ0) is 25.5. The van der Waals surface area contributed by atoms with Crippen molar-refractivity contribution in [3.05, 3.63) is 0 Å². The van der Waals surface area contributed by atoms with Crippen molar-refractivity contribution < 1.29 is 23.9 Å². The Labute approximate surface area is 211 Å². The number of hydrogen-bond donors (Lipinski definition) is 2. The Hall–Kier alpha value is -0.380. The van der Waals surface area contributed by atoms with Gasteiger partial charge in [0.15, 0.2) is 5.16 Å². The van der Waals surface area contributed by atoms with E-state index in [0.29, 0.717) is 12.8 Å². The average molecular weight is 505 g/mol. The highest BCUT2D eigenvalue weighted by Gasteiger charge is 2.53. The predicted molar refractivity (Wildman–Crippen MR) is 144 cm³/mol. The minimum absolute atomic E-state index is 0.149. The van der Waals surface area contributed by atoms with Gasteiger partial charge >= 0.3 is 13.6 Å². The van der Waals surface area contributed by atoms with Crippen LogP contribution in [0.2, 0.25) is 0 Å². The van der Waals surface area contributed by atoms with Crippen molar-refractivity contribution in [3.63, 3.8) is 0 Å². The first kappa shape index (κ1) is 33.6. The van der Waals surface area contributed by atoms with Crippen LogP contribution in [-0.2, 0) is 14.1 Å². The lowest BCUT2D eigenvalue weighted by Gasteiger charge is -2.32. The summed E-state index contributed by atoms with van der Waals surface area (Å²) < 4.78 is 17.7. The van der Waals surface area contributed by atoms with Crippen LogP contribution in [0.5, 0.6) is 0 Å². The van der Waals surface area contributed by atoms with E-state index in [2.05, 4.69) is 13.8 Å². The highest BCUT2D eigenvalue weighted by Crippen LogP contribution is 2.56. The Morgan fingerprint density at radius 2 is 0.882 bits per heavy atom. The van der Waals surface area contributed by atoms with Crippen molar-refractivity contribution in [1.82, 2.24) is 0 Å². The molecule has 0 aromatic heterocycles. The summed E-state index contributed by atoms with van der Waals surface area (Å²) in [7, 11) is -4.62. The molecule has 0 aromatic rings. The maximum atomic E-state index is 12.8. The summed E-state index contributed by atoms with van der Waals surface area (Å²) in [5.74, 6) is -0.699. The summed E-state index contributed by atoms with van der Waals surface area (Å²) in [6.07, 6.45) is 23.4. The van der Waals surface area contributed by atoms with Gasteiger partial charge in [-0.1, -0.05) is 142 Å². The lowest BCUT2D eigenvalue weighted by Crippen LogP contribution is -2.40. The highest BCUT2D eigenvalue weighted by atomic mass is 31.2. The molecule has 0 rings (SSSR count). The van der Waals surface area contributed by atoms with Crippen molar-refractivity contribution in [2.75, 3.05) is 6.61 Å². The minimum Gasteiger partial charge on any atom is -0.465 e. The number of ether oxygens (including phenoxy) is 1. The van der Waals surface area contributed by atoms with E-state index >= 15 is 0 Å². The lowest BCUT2D eigenvalue weighted by atomic mass is 9.92. The van der Waals surface area contributed by atoms with Gasteiger partial charge in [-0.2, -0.15) is 0 Å². The zero-order valence-electron chi connectivity index (χ0n) is 22.8. The first-order chi connectivity index (χ1) is 16.4. The van der Waals surface area contributed by atoms with E-state index in [0.717, 1.165) is 38.5 Å². The molecule has 6 heteroatoms. The van der Waals surface area contributed by atoms with Crippen LogP contribution < -0.4 is 0 Å². The molecule has 2 N–H and O–H groups in total. The normalized spacial score (nSPS) is 12.3. The molecule has 0 saturated carbocycles. The summed E-state index contributed by atoms with van der Waals surface area (Å²) in [6.45, 7) is 6.30. The predicted octanol–water partition coefficient (Wildman–Crippen LogP) is 9.09. The van der Waals surface area contributed by atoms with Crippen LogP contribution in [0.1, 0.15) is 162 Å². The maximum Gasteiger partial charge on any atom is 0.342 e. The van der Waals surface area contributed by atoms with E-state index < -0.39 is 18.7 Å². The van der Waals surface area contributed by atoms with Crippen LogP contribution >= 0.6 is 7.60 Å². The van der Waals surface area contributed by atoms with Gasteiger partial charge in [0, 0.05) is 0 Å². The van der Waals surface area contributed by atoms with E-state index in [1.54, 1.807) is 6.92 Å². The Balaban J connectivity index is 4.47. The topological polar surface area (TPSA) is 83.8 Å². The molecule has 0 amide bonds.